The number of rotatable bonds is 6. The number of hydrogen-bond donors (Lipinski definition) is 2. The van der Waals surface area contributed by atoms with Crippen molar-refractivity contribution in [2.45, 2.75) is 6.54 Å². The van der Waals surface area contributed by atoms with E-state index in [0.29, 0.717) is 35.3 Å². The van der Waals surface area contributed by atoms with Crippen molar-refractivity contribution >= 4 is 17.5 Å². The van der Waals surface area contributed by atoms with Gasteiger partial charge in [0.25, 0.3) is 5.89 Å². The van der Waals surface area contributed by atoms with Gasteiger partial charge in [-0.2, -0.15) is 0 Å². The summed E-state index contributed by atoms with van der Waals surface area (Å²) in [6, 6.07) is 13.3. The van der Waals surface area contributed by atoms with Gasteiger partial charge in [0.1, 0.15) is 5.82 Å². The van der Waals surface area contributed by atoms with Crippen LogP contribution in [0.4, 0.5) is 17.5 Å². The predicted octanol–water partition coefficient (Wildman–Crippen LogP) is 3.61. The molecule has 0 aliphatic carbocycles. The quantitative estimate of drug-likeness (QED) is 0.512. The van der Waals surface area contributed by atoms with Gasteiger partial charge in [-0.3, -0.25) is 4.98 Å². The number of fused-ring (bicyclic) bond motifs is 1. The summed E-state index contributed by atoms with van der Waals surface area (Å²) in [5, 5.41) is 14.6. The molecule has 0 atom stereocenters. The van der Waals surface area contributed by atoms with Gasteiger partial charge in [-0.05, 0) is 42.0 Å². The first-order valence-corrected chi connectivity index (χ1v) is 8.93. The summed E-state index contributed by atoms with van der Waals surface area (Å²) in [5.41, 5.74) is 2.56. The molecule has 1 aliphatic rings. The molecular formula is C20H16N6O3. The number of nitrogens with one attached hydrogen (secondary N) is 2. The van der Waals surface area contributed by atoms with Crippen LogP contribution < -0.4 is 20.1 Å². The third-order valence-corrected chi connectivity index (χ3v) is 4.30. The molecule has 0 radical (unpaired) electrons. The maximum atomic E-state index is 5.79. The predicted molar refractivity (Wildman–Crippen MR) is 105 cm³/mol. The van der Waals surface area contributed by atoms with Crippen molar-refractivity contribution in [2.75, 3.05) is 17.4 Å². The number of ether oxygens (including phenoxy) is 2. The first-order valence-electron chi connectivity index (χ1n) is 8.93. The third kappa shape index (κ3) is 3.65. The van der Waals surface area contributed by atoms with Crippen LogP contribution in [0.5, 0.6) is 11.5 Å². The van der Waals surface area contributed by atoms with Gasteiger partial charge in [-0.1, -0.05) is 5.10 Å². The smallest absolute Gasteiger partial charge is 0.320 e. The lowest BCUT2D eigenvalue weighted by Crippen LogP contribution is -2.03. The SMILES string of the molecule is c1cnc(NCc2ccncc2)c(-c2nnc(Nc3ccc4c(c3)OCO4)o2)c1. The highest BCUT2D eigenvalue weighted by Gasteiger charge is 2.16. The van der Waals surface area contributed by atoms with E-state index < -0.39 is 0 Å². The number of anilines is 3. The van der Waals surface area contributed by atoms with Gasteiger partial charge in [0.05, 0.1) is 5.56 Å². The van der Waals surface area contributed by atoms with E-state index in [-0.39, 0.29) is 12.8 Å². The Labute approximate surface area is 165 Å². The molecule has 0 bridgehead atoms. The monoisotopic (exact) mass is 388 g/mol. The minimum Gasteiger partial charge on any atom is -0.454 e. The van der Waals surface area contributed by atoms with Gasteiger partial charge in [0.15, 0.2) is 11.5 Å². The average Bonchev–Trinajstić information content (AvgIpc) is 3.42. The van der Waals surface area contributed by atoms with Crippen molar-refractivity contribution in [1.29, 1.82) is 0 Å². The van der Waals surface area contributed by atoms with Crippen LogP contribution >= 0.6 is 0 Å². The second-order valence-corrected chi connectivity index (χ2v) is 6.21. The molecule has 0 amide bonds. The van der Waals surface area contributed by atoms with Gasteiger partial charge in [-0.15, -0.1) is 5.10 Å². The van der Waals surface area contributed by atoms with E-state index in [4.69, 9.17) is 13.9 Å². The summed E-state index contributed by atoms with van der Waals surface area (Å²) in [5.74, 6) is 2.40. The lowest BCUT2D eigenvalue weighted by molar-refractivity contribution is 0.174. The first kappa shape index (κ1) is 17.0. The Morgan fingerprint density at radius 2 is 1.83 bits per heavy atom. The number of benzene rings is 1. The summed E-state index contributed by atoms with van der Waals surface area (Å²) in [6.07, 6.45) is 5.21. The highest BCUT2D eigenvalue weighted by atomic mass is 16.7. The molecule has 9 heteroatoms. The fraction of sp³-hybridized carbons (Fsp3) is 0.100. The molecule has 2 N–H and O–H groups in total. The van der Waals surface area contributed by atoms with E-state index in [1.54, 1.807) is 18.6 Å². The van der Waals surface area contributed by atoms with E-state index in [0.717, 1.165) is 11.3 Å². The van der Waals surface area contributed by atoms with E-state index in [2.05, 4.69) is 30.8 Å². The summed E-state index contributed by atoms with van der Waals surface area (Å²) >= 11 is 0. The van der Waals surface area contributed by atoms with Gasteiger partial charge < -0.3 is 24.5 Å². The van der Waals surface area contributed by atoms with E-state index in [1.165, 1.54) is 0 Å². The summed E-state index contributed by atoms with van der Waals surface area (Å²) in [7, 11) is 0. The summed E-state index contributed by atoms with van der Waals surface area (Å²) < 4.78 is 16.5. The van der Waals surface area contributed by atoms with Crippen LogP contribution in [0.3, 0.4) is 0 Å². The summed E-state index contributed by atoms with van der Waals surface area (Å²) in [4.78, 5) is 8.42. The summed E-state index contributed by atoms with van der Waals surface area (Å²) in [6.45, 7) is 0.822. The standard InChI is InChI=1S/C20H16N6O3/c1-2-15(18(22-7-1)23-11-13-5-8-21-9-6-13)19-25-26-20(29-19)24-14-3-4-16-17(10-14)28-12-27-16/h1-10H,11-12H2,(H,22,23)(H,24,26). The van der Waals surface area contributed by atoms with Crippen LogP contribution in [-0.2, 0) is 6.54 Å². The van der Waals surface area contributed by atoms with Crippen molar-refractivity contribution in [3.8, 4) is 23.0 Å². The van der Waals surface area contributed by atoms with Gasteiger partial charge in [-0.25, -0.2) is 4.98 Å². The lowest BCUT2D eigenvalue weighted by Gasteiger charge is -2.08. The average molecular weight is 388 g/mol. The molecule has 4 aromatic rings. The van der Waals surface area contributed by atoms with Crippen LogP contribution in [-0.4, -0.2) is 27.0 Å². The molecule has 5 rings (SSSR count). The highest BCUT2D eigenvalue weighted by molar-refractivity contribution is 5.69. The molecule has 0 fully saturated rings. The maximum Gasteiger partial charge on any atom is 0.320 e. The van der Waals surface area contributed by atoms with E-state index in [1.807, 2.05) is 42.5 Å². The largest absolute Gasteiger partial charge is 0.454 e. The second-order valence-electron chi connectivity index (χ2n) is 6.21. The fourth-order valence-electron chi connectivity index (χ4n) is 2.89. The van der Waals surface area contributed by atoms with Crippen molar-refractivity contribution in [3.05, 3.63) is 66.6 Å². The Balaban J connectivity index is 1.34. The van der Waals surface area contributed by atoms with E-state index in [9.17, 15) is 0 Å². The topological polar surface area (TPSA) is 107 Å². The molecule has 0 spiro atoms. The molecule has 4 heterocycles. The molecular weight excluding hydrogens is 372 g/mol. The van der Waals surface area contributed by atoms with Crippen molar-refractivity contribution < 1.29 is 13.9 Å². The fourth-order valence-corrected chi connectivity index (χ4v) is 2.89. The number of pyridine rings is 2. The lowest BCUT2D eigenvalue weighted by atomic mass is 10.2. The zero-order valence-corrected chi connectivity index (χ0v) is 15.2. The van der Waals surface area contributed by atoms with Crippen LogP contribution in [0.15, 0.2) is 65.5 Å². The molecule has 9 nitrogen and oxygen atoms in total. The van der Waals surface area contributed by atoms with Crippen molar-refractivity contribution in [1.82, 2.24) is 20.2 Å². The molecule has 0 saturated heterocycles. The zero-order chi connectivity index (χ0) is 19.5. The Hall–Kier alpha value is -4.14. The van der Waals surface area contributed by atoms with Crippen LogP contribution in [0.2, 0.25) is 0 Å². The minimum absolute atomic E-state index is 0.222. The molecule has 1 aliphatic heterocycles. The molecule has 0 saturated carbocycles. The molecule has 3 aromatic heterocycles. The van der Waals surface area contributed by atoms with Crippen molar-refractivity contribution in [2.24, 2.45) is 0 Å². The Bertz CT molecular complexity index is 1130. The Morgan fingerprint density at radius 1 is 0.931 bits per heavy atom. The first-order chi connectivity index (χ1) is 14.3. The van der Waals surface area contributed by atoms with Crippen molar-refractivity contribution in [3.63, 3.8) is 0 Å². The maximum absolute atomic E-state index is 5.79. The number of nitrogens with zero attached hydrogens (tertiary/aromatic N) is 4. The second kappa shape index (κ2) is 7.47. The Kier molecular flexibility index (Phi) is 4.38. The van der Waals surface area contributed by atoms with E-state index >= 15 is 0 Å². The zero-order valence-electron chi connectivity index (χ0n) is 15.2. The molecule has 1 aromatic carbocycles. The minimum atomic E-state index is 0.222. The number of hydrogen-bond acceptors (Lipinski definition) is 9. The normalized spacial score (nSPS) is 12.0. The van der Waals surface area contributed by atoms with Crippen LogP contribution in [0, 0.1) is 0 Å². The van der Waals surface area contributed by atoms with Crippen LogP contribution in [0.25, 0.3) is 11.5 Å². The Morgan fingerprint density at radius 3 is 2.76 bits per heavy atom. The number of aromatic nitrogens is 4. The molecule has 29 heavy (non-hydrogen) atoms. The molecule has 0 unspecified atom stereocenters. The third-order valence-electron chi connectivity index (χ3n) is 4.30. The van der Waals surface area contributed by atoms with Gasteiger partial charge in [0, 0.05) is 36.9 Å². The highest BCUT2D eigenvalue weighted by Crippen LogP contribution is 2.35. The van der Waals surface area contributed by atoms with Gasteiger partial charge >= 0.3 is 6.01 Å². The molecule has 144 valence electrons. The van der Waals surface area contributed by atoms with Crippen LogP contribution in [0.1, 0.15) is 5.56 Å². The van der Waals surface area contributed by atoms with Gasteiger partial charge in [0.2, 0.25) is 6.79 Å².